The number of esters is 1. The van der Waals surface area contributed by atoms with Gasteiger partial charge in [-0.15, -0.1) is 0 Å². The van der Waals surface area contributed by atoms with Crippen LogP contribution in [0.25, 0.3) is 11.0 Å². The molecular weight excluding hydrogens is 330 g/mol. The summed E-state index contributed by atoms with van der Waals surface area (Å²) in [7, 11) is 0. The molecule has 0 aliphatic rings. The first kappa shape index (κ1) is 20.2. The van der Waals surface area contributed by atoms with Gasteiger partial charge in [0.15, 0.2) is 5.65 Å². The Hall–Kier alpha value is -2.11. The van der Waals surface area contributed by atoms with Crippen LogP contribution in [-0.4, -0.2) is 33.9 Å². The fraction of sp³-hybridized carbons (Fsp3) is 0.650. The summed E-state index contributed by atoms with van der Waals surface area (Å²) >= 11 is 0. The molecule has 0 amide bonds. The third-order valence-corrected chi connectivity index (χ3v) is 4.41. The quantitative estimate of drug-likeness (QED) is 0.403. The van der Waals surface area contributed by atoms with Gasteiger partial charge in [-0.05, 0) is 20.3 Å². The molecule has 6 nitrogen and oxygen atoms in total. The van der Waals surface area contributed by atoms with Crippen molar-refractivity contribution in [3.63, 3.8) is 0 Å². The molecule has 0 aliphatic carbocycles. The van der Waals surface area contributed by atoms with Gasteiger partial charge in [0.2, 0.25) is 0 Å². The van der Waals surface area contributed by atoms with E-state index in [0.717, 1.165) is 23.9 Å². The van der Waals surface area contributed by atoms with Crippen LogP contribution in [0.5, 0.6) is 5.75 Å². The molecule has 2 aromatic heterocycles. The number of hydrogen-bond acceptors (Lipinski definition) is 5. The minimum Gasteiger partial charge on any atom is -0.492 e. The lowest BCUT2D eigenvalue weighted by atomic mass is 10.1. The molecule has 0 aromatic carbocycles. The Morgan fingerprint density at radius 2 is 1.77 bits per heavy atom. The summed E-state index contributed by atoms with van der Waals surface area (Å²) in [4.78, 5) is 16.6. The second kappa shape index (κ2) is 10.8. The van der Waals surface area contributed by atoms with Gasteiger partial charge in [-0.3, -0.25) is 0 Å². The van der Waals surface area contributed by atoms with Gasteiger partial charge in [0.25, 0.3) is 0 Å². The highest BCUT2D eigenvalue weighted by molar-refractivity contribution is 5.98. The van der Waals surface area contributed by atoms with Crippen LogP contribution in [-0.2, 0) is 11.3 Å². The minimum absolute atomic E-state index is 0.322. The molecule has 0 radical (unpaired) electrons. The lowest BCUT2D eigenvalue weighted by molar-refractivity contribution is 0.0521. The Kier molecular flexibility index (Phi) is 8.38. The monoisotopic (exact) mass is 361 g/mol. The van der Waals surface area contributed by atoms with Gasteiger partial charge in [-0.25, -0.2) is 14.5 Å². The minimum atomic E-state index is -0.402. The van der Waals surface area contributed by atoms with Crippen LogP contribution < -0.4 is 4.74 Å². The first-order valence-electron chi connectivity index (χ1n) is 9.87. The highest BCUT2D eigenvalue weighted by Gasteiger charge is 2.20. The van der Waals surface area contributed by atoms with Gasteiger partial charge < -0.3 is 9.47 Å². The van der Waals surface area contributed by atoms with E-state index < -0.39 is 5.97 Å². The second-order valence-corrected chi connectivity index (χ2v) is 6.39. The third kappa shape index (κ3) is 5.19. The zero-order valence-corrected chi connectivity index (χ0v) is 16.3. The molecule has 0 unspecified atom stereocenters. The van der Waals surface area contributed by atoms with Crippen molar-refractivity contribution in [3.8, 4) is 5.75 Å². The van der Waals surface area contributed by atoms with Gasteiger partial charge >= 0.3 is 5.97 Å². The van der Waals surface area contributed by atoms with Crippen LogP contribution in [0.1, 0.15) is 76.1 Å². The number of nitrogens with zero attached hydrogens (tertiary/aromatic N) is 3. The molecule has 26 heavy (non-hydrogen) atoms. The molecule has 2 heterocycles. The Morgan fingerprint density at radius 3 is 2.46 bits per heavy atom. The maximum atomic E-state index is 12.3. The lowest BCUT2D eigenvalue weighted by Crippen LogP contribution is -2.10. The molecule has 0 aliphatic heterocycles. The highest BCUT2D eigenvalue weighted by Crippen LogP contribution is 2.29. The van der Waals surface area contributed by atoms with Gasteiger partial charge in [0.1, 0.15) is 11.3 Å². The second-order valence-electron chi connectivity index (χ2n) is 6.39. The van der Waals surface area contributed by atoms with Crippen molar-refractivity contribution < 1.29 is 14.3 Å². The first-order valence-corrected chi connectivity index (χ1v) is 9.87. The summed E-state index contributed by atoms with van der Waals surface area (Å²) in [5, 5.41) is 5.09. The SMILES string of the molecule is CCCCCCCCCOc1c(C(=O)OCC)cnc2c1cnn2CC. The Morgan fingerprint density at radius 1 is 1.04 bits per heavy atom. The molecule has 0 saturated carbocycles. The van der Waals surface area contributed by atoms with Crippen molar-refractivity contribution in [1.82, 2.24) is 14.8 Å². The summed E-state index contributed by atoms with van der Waals surface area (Å²) in [6, 6.07) is 0. The molecule has 0 saturated heterocycles. The van der Waals surface area contributed by atoms with Crippen molar-refractivity contribution in [2.24, 2.45) is 0 Å². The highest BCUT2D eigenvalue weighted by atomic mass is 16.5. The Labute approximate surface area is 155 Å². The molecule has 2 rings (SSSR count). The number of unbranched alkanes of at least 4 members (excludes halogenated alkanes) is 6. The van der Waals surface area contributed by atoms with E-state index in [0.29, 0.717) is 31.1 Å². The van der Waals surface area contributed by atoms with Crippen molar-refractivity contribution in [2.75, 3.05) is 13.2 Å². The van der Waals surface area contributed by atoms with E-state index in [9.17, 15) is 4.79 Å². The maximum Gasteiger partial charge on any atom is 0.343 e. The molecule has 0 fully saturated rings. The number of fused-ring (bicyclic) bond motifs is 1. The molecule has 0 bridgehead atoms. The predicted molar refractivity (Wildman–Crippen MR) is 103 cm³/mol. The first-order chi connectivity index (χ1) is 12.7. The van der Waals surface area contributed by atoms with E-state index in [1.54, 1.807) is 17.8 Å². The molecule has 0 spiro atoms. The van der Waals surface area contributed by atoms with Crippen LogP contribution in [0.4, 0.5) is 0 Å². The van der Waals surface area contributed by atoms with E-state index in [-0.39, 0.29) is 0 Å². The zero-order valence-electron chi connectivity index (χ0n) is 16.3. The average molecular weight is 361 g/mol. The van der Waals surface area contributed by atoms with Gasteiger partial charge in [0, 0.05) is 12.7 Å². The average Bonchev–Trinajstić information content (AvgIpc) is 3.07. The number of rotatable bonds is 12. The van der Waals surface area contributed by atoms with Crippen LogP contribution in [0.3, 0.4) is 0 Å². The summed E-state index contributed by atoms with van der Waals surface area (Å²) in [5.41, 5.74) is 1.10. The smallest absolute Gasteiger partial charge is 0.343 e. The summed E-state index contributed by atoms with van der Waals surface area (Å²) in [6.45, 7) is 7.64. The zero-order chi connectivity index (χ0) is 18.8. The van der Waals surface area contributed by atoms with E-state index in [1.165, 1.54) is 38.3 Å². The number of carbonyl (C=O) groups is 1. The molecule has 2 aromatic rings. The fourth-order valence-corrected chi connectivity index (χ4v) is 2.98. The van der Waals surface area contributed by atoms with Gasteiger partial charge in [0.05, 0.1) is 24.8 Å². The van der Waals surface area contributed by atoms with E-state index >= 15 is 0 Å². The number of aryl methyl sites for hydroxylation is 1. The van der Waals surface area contributed by atoms with Crippen LogP contribution in [0.15, 0.2) is 12.4 Å². The van der Waals surface area contributed by atoms with E-state index in [4.69, 9.17) is 9.47 Å². The molecule has 6 heteroatoms. The molecular formula is C20H31N3O3. The van der Waals surface area contributed by atoms with Crippen molar-refractivity contribution in [3.05, 3.63) is 18.0 Å². The van der Waals surface area contributed by atoms with Crippen molar-refractivity contribution in [2.45, 2.75) is 72.3 Å². The van der Waals surface area contributed by atoms with E-state index in [2.05, 4.69) is 17.0 Å². The summed E-state index contributed by atoms with van der Waals surface area (Å²) in [5.74, 6) is 0.139. The Bertz CT molecular complexity index is 697. The number of hydrogen-bond donors (Lipinski definition) is 0. The summed E-state index contributed by atoms with van der Waals surface area (Å²) < 4.78 is 13.0. The number of carbonyl (C=O) groups excluding carboxylic acids is 1. The normalized spacial score (nSPS) is 11.0. The number of ether oxygens (including phenoxy) is 2. The van der Waals surface area contributed by atoms with Gasteiger partial charge in [-0.2, -0.15) is 5.10 Å². The molecule has 144 valence electrons. The Balaban J connectivity index is 2.04. The largest absolute Gasteiger partial charge is 0.492 e. The maximum absolute atomic E-state index is 12.3. The number of aromatic nitrogens is 3. The number of pyridine rings is 1. The topological polar surface area (TPSA) is 66.2 Å². The third-order valence-electron chi connectivity index (χ3n) is 4.41. The van der Waals surface area contributed by atoms with Crippen LogP contribution in [0, 0.1) is 0 Å². The van der Waals surface area contributed by atoms with Crippen LogP contribution in [0.2, 0.25) is 0 Å². The standard InChI is InChI=1S/C20H31N3O3/c1-4-7-8-9-10-11-12-13-26-18-16-15-22-23(5-2)19(16)21-14-17(18)20(24)25-6-3/h14-15H,4-13H2,1-3H3. The van der Waals surface area contributed by atoms with Crippen molar-refractivity contribution >= 4 is 17.0 Å². The lowest BCUT2D eigenvalue weighted by Gasteiger charge is -2.12. The van der Waals surface area contributed by atoms with Crippen LogP contribution >= 0.6 is 0 Å². The van der Waals surface area contributed by atoms with Gasteiger partial charge in [-0.1, -0.05) is 45.4 Å². The van der Waals surface area contributed by atoms with Crippen molar-refractivity contribution in [1.29, 1.82) is 0 Å². The summed E-state index contributed by atoms with van der Waals surface area (Å²) in [6.07, 6.45) is 11.8. The molecule has 0 atom stereocenters. The molecule has 0 N–H and O–H groups in total. The predicted octanol–water partition coefficient (Wildman–Crippen LogP) is 4.76. The fourth-order valence-electron chi connectivity index (χ4n) is 2.98. The van der Waals surface area contributed by atoms with E-state index in [1.807, 2.05) is 6.92 Å².